The van der Waals surface area contributed by atoms with Crippen LogP contribution in [0.5, 0.6) is 5.75 Å². The maximum atomic E-state index is 12.9. The second-order valence-electron chi connectivity index (χ2n) is 6.86. The molecule has 1 amide bonds. The number of hydrogen-bond donors (Lipinski definition) is 0. The molecule has 0 radical (unpaired) electrons. The van der Waals surface area contributed by atoms with Gasteiger partial charge >= 0.3 is 0 Å². The number of rotatable bonds is 4. The number of fused-ring (bicyclic) bond motifs is 1. The Kier molecular flexibility index (Phi) is 4.61. The van der Waals surface area contributed by atoms with Gasteiger partial charge in [0.05, 0.1) is 13.0 Å². The molecular weight excluding hydrogens is 326 g/mol. The smallest absolute Gasteiger partial charge is 0.227 e. The highest BCUT2D eigenvalue weighted by Crippen LogP contribution is 2.23. The second-order valence-corrected chi connectivity index (χ2v) is 6.86. The van der Waals surface area contributed by atoms with Crippen LogP contribution in [0.25, 0.3) is 10.9 Å². The number of nitrogens with zero attached hydrogens (tertiary/aromatic N) is 3. The minimum Gasteiger partial charge on any atom is -0.488 e. The van der Waals surface area contributed by atoms with Gasteiger partial charge in [0, 0.05) is 43.1 Å². The lowest BCUT2D eigenvalue weighted by Gasteiger charge is -2.33. The van der Waals surface area contributed by atoms with Gasteiger partial charge in [0.15, 0.2) is 0 Å². The summed E-state index contributed by atoms with van der Waals surface area (Å²) in [6.07, 6.45) is 7.93. The average molecular weight is 349 g/mol. The lowest BCUT2D eigenvalue weighted by atomic mass is 10.1. The molecule has 26 heavy (non-hydrogen) atoms. The molecular formula is C21H23N3O2. The van der Waals surface area contributed by atoms with Crippen LogP contribution in [0, 0.1) is 0 Å². The third kappa shape index (κ3) is 3.43. The Morgan fingerprint density at radius 2 is 2.04 bits per heavy atom. The molecule has 0 N–H and O–H groups in total. The molecule has 1 aliphatic rings. The summed E-state index contributed by atoms with van der Waals surface area (Å²) >= 11 is 0. The van der Waals surface area contributed by atoms with Gasteiger partial charge in [-0.15, -0.1) is 0 Å². The summed E-state index contributed by atoms with van der Waals surface area (Å²) in [6, 6.07) is 11.9. The Morgan fingerprint density at radius 3 is 2.88 bits per heavy atom. The molecule has 1 aromatic carbocycles. The topological polar surface area (TPSA) is 47.4 Å². The molecule has 3 aromatic rings. The van der Waals surface area contributed by atoms with Gasteiger partial charge < -0.3 is 14.2 Å². The zero-order chi connectivity index (χ0) is 17.9. The van der Waals surface area contributed by atoms with E-state index in [1.807, 2.05) is 36.2 Å². The number of piperidine rings is 1. The van der Waals surface area contributed by atoms with Crippen molar-refractivity contribution in [1.29, 1.82) is 0 Å². The van der Waals surface area contributed by atoms with E-state index < -0.39 is 0 Å². The number of ether oxygens (including phenoxy) is 1. The first-order chi connectivity index (χ1) is 12.7. The summed E-state index contributed by atoms with van der Waals surface area (Å²) in [5, 5.41) is 1.16. The first-order valence-electron chi connectivity index (χ1n) is 9.08. The fraction of sp³-hybridized carbons (Fsp3) is 0.333. The van der Waals surface area contributed by atoms with E-state index in [1.54, 1.807) is 12.4 Å². The van der Waals surface area contributed by atoms with Gasteiger partial charge in [-0.05, 0) is 36.6 Å². The van der Waals surface area contributed by atoms with Gasteiger partial charge in [-0.3, -0.25) is 9.78 Å². The predicted octanol–water partition coefficient (Wildman–Crippen LogP) is 3.19. The summed E-state index contributed by atoms with van der Waals surface area (Å²) in [6.45, 7) is 1.45. The molecule has 3 heterocycles. The minimum absolute atomic E-state index is 0.0441. The van der Waals surface area contributed by atoms with Gasteiger partial charge in [-0.2, -0.15) is 0 Å². The lowest BCUT2D eigenvalue weighted by Crippen LogP contribution is -2.45. The molecule has 2 aromatic heterocycles. The van der Waals surface area contributed by atoms with Crippen molar-refractivity contribution in [2.75, 3.05) is 13.1 Å². The number of para-hydroxylation sites is 1. The maximum Gasteiger partial charge on any atom is 0.227 e. The molecule has 5 nitrogen and oxygen atoms in total. The molecule has 134 valence electrons. The summed E-state index contributed by atoms with van der Waals surface area (Å²) in [5.74, 6) is 0.984. The van der Waals surface area contributed by atoms with Gasteiger partial charge in [0.25, 0.3) is 0 Å². The Hall–Kier alpha value is -2.82. The maximum absolute atomic E-state index is 12.9. The molecule has 0 aliphatic carbocycles. The van der Waals surface area contributed by atoms with E-state index >= 15 is 0 Å². The van der Waals surface area contributed by atoms with Crippen molar-refractivity contribution in [1.82, 2.24) is 14.5 Å². The van der Waals surface area contributed by atoms with Crippen LogP contribution in [0.15, 0.2) is 55.0 Å². The van der Waals surface area contributed by atoms with E-state index in [0.717, 1.165) is 41.6 Å². The van der Waals surface area contributed by atoms with E-state index in [4.69, 9.17) is 4.74 Å². The third-order valence-corrected chi connectivity index (χ3v) is 5.00. The van der Waals surface area contributed by atoms with Crippen molar-refractivity contribution < 1.29 is 9.53 Å². The van der Waals surface area contributed by atoms with Gasteiger partial charge in [0.2, 0.25) is 5.91 Å². The van der Waals surface area contributed by atoms with Crippen molar-refractivity contribution in [2.45, 2.75) is 25.4 Å². The van der Waals surface area contributed by atoms with E-state index in [2.05, 4.69) is 27.9 Å². The Morgan fingerprint density at radius 1 is 1.23 bits per heavy atom. The standard InChI is InChI=1S/C21H23N3O2/c1-23-14-16(19-6-2-3-7-20(19)23)13-21(25)24-12-4-5-18(15-24)26-17-8-10-22-11-9-17/h2-3,6-11,14,18H,4-5,12-13,15H2,1H3/t18-/m1/s1. The van der Waals surface area contributed by atoms with Crippen LogP contribution in [0.1, 0.15) is 18.4 Å². The molecule has 1 atom stereocenters. The Labute approximate surface area is 153 Å². The van der Waals surface area contributed by atoms with Gasteiger partial charge in [-0.1, -0.05) is 18.2 Å². The fourth-order valence-corrected chi connectivity index (χ4v) is 3.71. The molecule has 4 rings (SSSR count). The van der Waals surface area contributed by atoms with Crippen molar-refractivity contribution in [3.05, 3.63) is 60.6 Å². The Bertz CT molecular complexity index is 904. The number of amides is 1. The number of carbonyl (C=O) groups is 1. The lowest BCUT2D eigenvalue weighted by molar-refractivity contribution is -0.133. The van der Waals surface area contributed by atoms with E-state index in [-0.39, 0.29) is 12.0 Å². The summed E-state index contributed by atoms with van der Waals surface area (Å²) < 4.78 is 8.11. The molecule has 1 saturated heterocycles. The number of pyridine rings is 1. The highest BCUT2D eigenvalue weighted by atomic mass is 16.5. The highest BCUT2D eigenvalue weighted by molar-refractivity contribution is 5.89. The van der Waals surface area contributed by atoms with Crippen LogP contribution >= 0.6 is 0 Å². The monoisotopic (exact) mass is 349 g/mol. The molecule has 0 unspecified atom stereocenters. The first-order valence-corrected chi connectivity index (χ1v) is 9.08. The number of aromatic nitrogens is 2. The minimum atomic E-state index is 0.0441. The molecule has 0 saturated carbocycles. The van der Waals surface area contributed by atoms with Crippen molar-refractivity contribution >= 4 is 16.8 Å². The van der Waals surface area contributed by atoms with Crippen LogP contribution in [0.3, 0.4) is 0 Å². The number of hydrogen-bond acceptors (Lipinski definition) is 3. The quantitative estimate of drug-likeness (QED) is 0.727. The van der Waals surface area contributed by atoms with Crippen molar-refractivity contribution in [3.8, 4) is 5.75 Å². The van der Waals surface area contributed by atoms with E-state index in [0.29, 0.717) is 13.0 Å². The SMILES string of the molecule is Cn1cc(CC(=O)N2CCC[C@@H](Oc3ccncc3)C2)c2ccccc21. The predicted molar refractivity (Wildman–Crippen MR) is 101 cm³/mol. The summed E-state index contributed by atoms with van der Waals surface area (Å²) in [5.41, 5.74) is 2.25. The average Bonchev–Trinajstić information content (AvgIpc) is 2.99. The van der Waals surface area contributed by atoms with Gasteiger partial charge in [-0.25, -0.2) is 0 Å². The van der Waals surface area contributed by atoms with Crippen LogP contribution in [-0.4, -0.2) is 39.6 Å². The number of carbonyl (C=O) groups excluding carboxylic acids is 1. The molecule has 0 spiro atoms. The fourth-order valence-electron chi connectivity index (χ4n) is 3.71. The molecule has 1 aliphatic heterocycles. The molecule has 0 bridgehead atoms. The largest absolute Gasteiger partial charge is 0.488 e. The van der Waals surface area contributed by atoms with Crippen LogP contribution < -0.4 is 4.74 Å². The molecule has 5 heteroatoms. The first kappa shape index (κ1) is 16.6. The second kappa shape index (κ2) is 7.20. The third-order valence-electron chi connectivity index (χ3n) is 5.00. The number of likely N-dealkylation sites (tertiary alicyclic amines) is 1. The van der Waals surface area contributed by atoms with Crippen molar-refractivity contribution in [3.63, 3.8) is 0 Å². The summed E-state index contributed by atoms with van der Waals surface area (Å²) in [7, 11) is 2.02. The normalized spacial score (nSPS) is 17.4. The van der Waals surface area contributed by atoms with E-state index in [9.17, 15) is 4.79 Å². The molecule has 1 fully saturated rings. The number of benzene rings is 1. The zero-order valence-electron chi connectivity index (χ0n) is 15.0. The van der Waals surface area contributed by atoms with Crippen LogP contribution in [-0.2, 0) is 18.3 Å². The van der Waals surface area contributed by atoms with Crippen LogP contribution in [0.4, 0.5) is 0 Å². The van der Waals surface area contributed by atoms with Crippen LogP contribution in [0.2, 0.25) is 0 Å². The number of aryl methyl sites for hydroxylation is 1. The zero-order valence-corrected chi connectivity index (χ0v) is 15.0. The Balaban J connectivity index is 1.44. The highest BCUT2D eigenvalue weighted by Gasteiger charge is 2.25. The van der Waals surface area contributed by atoms with E-state index in [1.165, 1.54) is 0 Å². The van der Waals surface area contributed by atoms with Crippen molar-refractivity contribution in [2.24, 2.45) is 7.05 Å². The summed E-state index contributed by atoms with van der Waals surface area (Å²) in [4.78, 5) is 18.8. The van der Waals surface area contributed by atoms with Gasteiger partial charge in [0.1, 0.15) is 11.9 Å².